The number of esters is 1. The lowest BCUT2D eigenvalue weighted by Gasteiger charge is -2.20. The summed E-state index contributed by atoms with van der Waals surface area (Å²) in [5.74, 6) is -0.328. The number of nitrogen functional groups attached to an aromatic ring is 1. The molecule has 1 aliphatic heterocycles. The van der Waals surface area contributed by atoms with Gasteiger partial charge in [-0.3, -0.25) is 0 Å². The quantitative estimate of drug-likeness (QED) is 0.662. The van der Waals surface area contributed by atoms with Crippen molar-refractivity contribution >= 4 is 23.5 Å². The molecule has 1 fully saturated rings. The zero-order valence-corrected chi connectivity index (χ0v) is 11.6. The molecule has 7 heteroatoms. The van der Waals surface area contributed by atoms with E-state index in [4.69, 9.17) is 15.2 Å². The third-order valence-electron chi connectivity index (χ3n) is 2.68. The number of rotatable bonds is 4. The summed E-state index contributed by atoms with van der Waals surface area (Å²) in [5.41, 5.74) is 5.98. The van der Waals surface area contributed by atoms with Crippen molar-refractivity contribution in [1.29, 1.82) is 0 Å². The SMILES string of the molecule is CCOC(=O)c1cnc(SC2CCCOC2)nc1N. The molecule has 2 N–H and O–H groups in total. The minimum Gasteiger partial charge on any atom is -0.462 e. The number of hydrogen-bond acceptors (Lipinski definition) is 7. The summed E-state index contributed by atoms with van der Waals surface area (Å²) in [5, 5.41) is 0.919. The molecule has 1 saturated heterocycles. The fourth-order valence-corrected chi connectivity index (χ4v) is 2.77. The van der Waals surface area contributed by atoms with E-state index in [1.807, 2.05) is 0 Å². The molecular formula is C12H17N3O3S. The van der Waals surface area contributed by atoms with E-state index < -0.39 is 5.97 Å². The van der Waals surface area contributed by atoms with Crippen molar-refractivity contribution in [3.63, 3.8) is 0 Å². The predicted molar refractivity (Wildman–Crippen MR) is 72.1 cm³/mol. The highest BCUT2D eigenvalue weighted by molar-refractivity contribution is 7.99. The standard InChI is InChI=1S/C12H17N3O3S/c1-2-18-11(16)9-6-14-12(15-10(9)13)19-8-4-3-5-17-7-8/h6,8H,2-5,7H2,1H3,(H2,13,14,15). The summed E-state index contributed by atoms with van der Waals surface area (Å²) in [6.07, 6.45) is 3.55. The summed E-state index contributed by atoms with van der Waals surface area (Å²) in [6.45, 7) is 3.56. The monoisotopic (exact) mass is 283 g/mol. The Kier molecular flexibility index (Phi) is 4.98. The largest absolute Gasteiger partial charge is 0.462 e. The van der Waals surface area contributed by atoms with Crippen molar-refractivity contribution in [1.82, 2.24) is 9.97 Å². The van der Waals surface area contributed by atoms with Crippen LogP contribution in [-0.4, -0.2) is 41.0 Å². The van der Waals surface area contributed by atoms with E-state index in [9.17, 15) is 4.79 Å². The lowest BCUT2D eigenvalue weighted by molar-refractivity contribution is 0.0526. The maximum absolute atomic E-state index is 11.6. The van der Waals surface area contributed by atoms with Gasteiger partial charge < -0.3 is 15.2 Å². The molecule has 0 amide bonds. The first-order chi connectivity index (χ1) is 9.20. The second-order valence-corrected chi connectivity index (χ2v) is 5.40. The van der Waals surface area contributed by atoms with Gasteiger partial charge in [0.05, 0.1) is 13.2 Å². The summed E-state index contributed by atoms with van der Waals surface area (Å²) in [4.78, 5) is 19.9. The molecular weight excluding hydrogens is 266 g/mol. The molecule has 1 aliphatic rings. The van der Waals surface area contributed by atoms with E-state index in [2.05, 4.69) is 9.97 Å². The number of carbonyl (C=O) groups excluding carboxylic acids is 1. The van der Waals surface area contributed by atoms with E-state index in [0.29, 0.717) is 23.6 Å². The molecule has 104 valence electrons. The highest BCUT2D eigenvalue weighted by Gasteiger charge is 2.18. The number of thioether (sulfide) groups is 1. The summed E-state index contributed by atoms with van der Waals surface area (Å²) in [7, 11) is 0. The summed E-state index contributed by atoms with van der Waals surface area (Å²) >= 11 is 1.53. The number of ether oxygens (including phenoxy) is 2. The van der Waals surface area contributed by atoms with Gasteiger partial charge in [0.1, 0.15) is 11.4 Å². The molecule has 2 heterocycles. The lowest BCUT2D eigenvalue weighted by atomic mass is 10.2. The topological polar surface area (TPSA) is 87.3 Å². The van der Waals surface area contributed by atoms with Crippen LogP contribution in [0.2, 0.25) is 0 Å². The van der Waals surface area contributed by atoms with Gasteiger partial charge in [0.2, 0.25) is 0 Å². The number of aromatic nitrogens is 2. The highest BCUT2D eigenvalue weighted by atomic mass is 32.2. The predicted octanol–water partition coefficient (Wildman–Crippen LogP) is 1.51. The first-order valence-electron chi connectivity index (χ1n) is 6.24. The Bertz CT molecular complexity index is 450. The smallest absolute Gasteiger partial charge is 0.343 e. The average Bonchev–Trinajstić information content (AvgIpc) is 2.40. The van der Waals surface area contributed by atoms with Gasteiger partial charge in [-0.1, -0.05) is 11.8 Å². The average molecular weight is 283 g/mol. The number of nitrogens with zero attached hydrogens (tertiary/aromatic N) is 2. The number of nitrogens with two attached hydrogens (primary N) is 1. The Hall–Kier alpha value is -1.34. The molecule has 0 aromatic carbocycles. The van der Waals surface area contributed by atoms with Gasteiger partial charge in [-0.25, -0.2) is 14.8 Å². The molecule has 1 atom stereocenters. The van der Waals surface area contributed by atoms with Crippen molar-refractivity contribution in [2.45, 2.75) is 30.2 Å². The van der Waals surface area contributed by atoms with Crippen LogP contribution in [0.15, 0.2) is 11.4 Å². The van der Waals surface area contributed by atoms with Gasteiger partial charge in [0.15, 0.2) is 5.16 Å². The van der Waals surface area contributed by atoms with Gasteiger partial charge in [-0.05, 0) is 19.8 Å². The van der Waals surface area contributed by atoms with E-state index in [-0.39, 0.29) is 11.4 Å². The summed E-state index contributed by atoms with van der Waals surface area (Å²) in [6, 6.07) is 0. The minimum absolute atomic E-state index is 0.160. The van der Waals surface area contributed by atoms with Crippen LogP contribution < -0.4 is 5.73 Å². The van der Waals surface area contributed by atoms with Crippen LogP contribution in [-0.2, 0) is 9.47 Å². The Balaban J connectivity index is 2.03. The molecule has 0 saturated carbocycles. The number of hydrogen-bond donors (Lipinski definition) is 1. The van der Waals surface area contributed by atoms with Gasteiger partial charge in [0, 0.05) is 18.1 Å². The van der Waals surface area contributed by atoms with Crippen molar-refractivity contribution < 1.29 is 14.3 Å². The van der Waals surface area contributed by atoms with Crippen LogP contribution in [0.3, 0.4) is 0 Å². The van der Waals surface area contributed by atoms with Crippen molar-refractivity contribution in [2.75, 3.05) is 25.6 Å². The molecule has 0 spiro atoms. The van der Waals surface area contributed by atoms with Crippen molar-refractivity contribution in [2.24, 2.45) is 0 Å². The Morgan fingerprint density at radius 2 is 2.53 bits per heavy atom. The van der Waals surface area contributed by atoms with E-state index in [1.165, 1.54) is 18.0 Å². The van der Waals surface area contributed by atoms with Gasteiger partial charge in [0.25, 0.3) is 0 Å². The van der Waals surface area contributed by atoms with Crippen LogP contribution in [0.25, 0.3) is 0 Å². The van der Waals surface area contributed by atoms with Crippen LogP contribution in [0.4, 0.5) is 5.82 Å². The fourth-order valence-electron chi connectivity index (χ4n) is 1.75. The number of anilines is 1. The third kappa shape index (κ3) is 3.81. The second-order valence-electron chi connectivity index (χ2n) is 4.13. The summed E-state index contributed by atoms with van der Waals surface area (Å²) < 4.78 is 10.3. The van der Waals surface area contributed by atoms with Gasteiger partial charge >= 0.3 is 5.97 Å². The Morgan fingerprint density at radius 3 is 3.16 bits per heavy atom. The maximum Gasteiger partial charge on any atom is 0.343 e. The Labute approximate surface area is 116 Å². The van der Waals surface area contributed by atoms with Crippen molar-refractivity contribution in [3.8, 4) is 0 Å². The third-order valence-corrected chi connectivity index (χ3v) is 3.79. The molecule has 1 unspecified atom stereocenters. The highest BCUT2D eigenvalue weighted by Crippen LogP contribution is 2.26. The molecule has 1 aromatic heterocycles. The molecule has 0 aliphatic carbocycles. The van der Waals surface area contributed by atoms with Crippen LogP contribution in [0, 0.1) is 0 Å². The zero-order chi connectivity index (χ0) is 13.7. The second kappa shape index (κ2) is 6.72. The lowest BCUT2D eigenvalue weighted by Crippen LogP contribution is -2.19. The van der Waals surface area contributed by atoms with Crippen LogP contribution >= 0.6 is 11.8 Å². The zero-order valence-electron chi connectivity index (χ0n) is 10.8. The van der Waals surface area contributed by atoms with Crippen LogP contribution in [0.1, 0.15) is 30.1 Å². The molecule has 1 aromatic rings. The molecule has 0 bridgehead atoms. The van der Waals surface area contributed by atoms with Gasteiger partial charge in [-0.2, -0.15) is 0 Å². The molecule has 0 radical (unpaired) electrons. The fraction of sp³-hybridized carbons (Fsp3) is 0.583. The van der Waals surface area contributed by atoms with E-state index in [0.717, 1.165) is 19.4 Å². The first kappa shape index (κ1) is 14.1. The number of carbonyl (C=O) groups is 1. The Morgan fingerprint density at radius 1 is 1.68 bits per heavy atom. The van der Waals surface area contributed by atoms with E-state index >= 15 is 0 Å². The first-order valence-corrected chi connectivity index (χ1v) is 7.12. The van der Waals surface area contributed by atoms with Crippen LogP contribution in [0.5, 0.6) is 0 Å². The van der Waals surface area contributed by atoms with Gasteiger partial charge in [-0.15, -0.1) is 0 Å². The normalized spacial score (nSPS) is 19.1. The van der Waals surface area contributed by atoms with Crippen molar-refractivity contribution in [3.05, 3.63) is 11.8 Å². The minimum atomic E-state index is -0.488. The van der Waals surface area contributed by atoms with E-state index in [1.54, 1.807) is 6.92 Å². The molecule has 19 heavy (non-hydrogen) atoms. The molecule has 2 rings (SSSR count). The maximum atomic E-state index is 11.6. The molecule has 6 nitrogen and oxygen atoms in total.